The van der Waals surface area contributed by atoms with E-state index >= 15 is 0 Å². The molecule has 0 unspecified atom stereocenters. The van der Waals surface area contributed by atoms with Crippen molar-refractivity contribution in [2.45, 2.75) is 13.0 Å². The number of carbonyl (C=O) groups excluding carboxylic acids is 2. The Kier molecular flexibility index (Phi) is 1.58. The summed E-state index contributed by atoms with van der Waals surface area (Å²) in [5.74, 6) is -0.0756. The first-order valence-electron chi connectivity index (χ1n) is 3.97. The third-order valence-corrected chi connectivity index (χ3v) is 2.07. The lowest BCUT2D eigenvalue weighted by Gasteiger charge is -2.16. The van der Waals surface area contributed by atoms with Crippen LogP contribution in [0, 0.1) is 0 Å². The van der Waals surface area contributed by atoms with Gasteiger partial charge in [0.2, 0.25) is 5.91 Å². The van der Waals surface area contributed by atoms with Crippen molar-refractivity contribution >= 4 is 17.6 Å². The molecule has 2 amide bonds. The molecular weight excluding hydrogens is 170 g/mol. The van der Waals surface area contributed by atoms with Crippen molar-refractivity contribution in [2.24, 2.45) is 5.73 Å². The molecule has 0 aliphatic carbocycles. The third kappa shape index (κ3) is 1.18. The Balaban J connectivity index is 2.46. The number of primary amides is 1. The molecule has 0 bridgehead atoms. The molecule has 5 heteroatoms. The summed E-state index contributed by atoms with van der Waals surface area (Å²) >= 11 is 0. The average Bonchev–Trinajstić information content (AvgIpc) is 2.46. The molecule has 5 nitrogen and oxygen atoms in total. The number of nitrogens with one attached hydrogen (secondary N) is 1. The number of nitrogens with two attached hydrogens (primary N) is 1. The fourth-order valence-electron chi connectivity index (χ4n) is 1.41. The maximum Gasteiger partial charge on any atom is 0.252 e. The molecule has 0 radical (unpaired) electrons. The van der Waals surface area contributed by atoms with Gasteiger partial charge in [0, 0.05) is 19.2 Å². The van der Waals surface area contributed by atoms with Gasteiger partial charge >= 0.3 is 0 Å². The van der Waals surface area contributed by atoms with Gasteiger partial charge in [-0.05, 0) is 6.07 Å². The van der Waals surface area contributed by atoms with Gasteiger partial charge < -0.3 is 15.6 Å². The SMILES string of the molecule is NC(=O)c1ccn2c1NC(=O)CC2. The first-order valence-corrected chi connectivity index (χ1v) is 3.97. The molecule has 1 aliphatic heterocycles. The number of nitrogens with zero attached hydrogens (tertiary/aromatic N) is 1. The number of fused-ring (bicyclic) bond motifs is 1. The van der Waals surface area contributed by atoms with E-state index in [1.165, 1.54) is 0 Å². The lowest BCUT2D eigenvalue weighted by Crippen LogP contribution is -2.25. The largest absolute Gasteiger partial charge is 0.365 e. The summed E-state index contributed by atoms with van der Waals surface area (Å²) in [6, 6.07) is 1.61. The Morgan fingerprint density at radius 3 is 3.08 bits per heavy atom. The van der Waals surface area contributed by atoms with Crippen molar-refractivity contribution < 1.29 is 9.59 Å². The minimum Gasteiger partial charge on any atom is -0.365 e. The second kappa shape index (κ2) is 2.62. The number of aromatic nitrogens is 1. The van der Waals surface area contributed by atoms with E-state index in [0.29, 0.717) is 24.3 Å². The van der Waals surface area contributed by atoms with Gasteiger partial charge in [0.1, 0.15) is 5.82 Å². The van der Waals surface area contributed by atoms with Crippen LogP contribution in [-0.4, -0.2) is 16.4 Å². The molecule has 0 saturated heterocycles. The minimum absolute atomic E-state index is 0.0753. The van der Waals surface area contributed by atoms with E-state index in [2.05, 4.69) is 5.32 Å². The maximum atomic E-state index is 11.0. The Labute approximate surface area is 74.5 Å². The van der Waals surface area contributed by atoms with E-state index in [0.717, 1.165) is 0 Å². The molecule has 0 fully saturated rings. The zero-order valence-electron chi connectivity index (χ0n) is 6.91. The molecule has 0 spiro atoms. The number of hydrogen-bond donors (Lipinski definition) is 2. The quantitative estimate of drug-likeness (QED) is 0.633. The lowest BCUT2D eigenvalue weighted by molar-refractivity contribution is -0.116. The van der Waals surface area contributed by atoms with Crippen molar-refractivity contribution in [3.8, 4) is 0 Å². The molecule has 1 aromatic heterocycles. The first-order chi connectivity index (χ1) is 6.18. The van der Waals surface area contributed by atoms with E-state index in [1.807, 2.05) is 4.57 Å². The third-order valence-electron chi connectivity index (χ3n) is 2.07. The Bertz CT molecular complexity index is 381. The summed E-state index contributed by atoms with van der Waals surface area (Å²) in [7, 11) is 0. The second-order valence-electron chi connectivity index (χ2n) is 2.93. The number of hydrogen-bond acceptors (Lipinski definition) is 2. The van der Waals surface area contributed by atoms with Crippen LogP contribution < -0.4 is 11.1 Å². The van der Waals surface area contributed by atoms with Gasteiger partial charge in [-0.1, -0.05) is 0 Å². The van der Waals surface area contributed by atoms with Gasteiger partial charge in [0.05, 0.1) is 5.56 Å². The van der Waals surface area contributed by atoms with E-state index < -0.39 is 5.91 Å². The summed E-state index contributed by atoms with van der Waals surface area (Å²) in [5, 5.41) is 2.61. The van der Waals surface area contributed by atoms with E-state index in [1.54, 1.807) is 12.3 Å². The normalized spacial score (nSPS) is 14.9. The lowest BCUT2D eigenvalue weighted by atomic mass is 10.2. The molecule has 0 atom stereocenters. The number of anilines is 1. The standard InChI is InChI=1S/C8H9N3O2/c9-7(13)5-1-3-11-4-2-6(12)10-8(5)11/h1,3H,2,4H2,(H2,9,13)(H,10,12). The smallest absolute Gasteiger partial charge is 0.252 e. The Hall–Kier alpha value is -1.78. The Morgan fingerprint density at radius 1 is 1.62 bits per heavy atom. The second-order valence-corrected chi connectivity index (χ2v) is 2.93. The summed E-state index contributed by atoms with van der Waals surface area (Å²) in [6.07, 6.45) is 2.19. The van der Waals surface area contributed by atoms with Crippen LogP contribution in [0.1, 0.15) is 16.8 Å². The molecular formula is C8H9N3O2. The summed E-state index contributed by atoms with van der Waals surface area (Å²) < 4.78 is 1.81. The van der Waals surface area contributed by atoms with Crippen molar-refractivity contribution in [3.63, 3.8) is 0 Å². The summed E-state index contributed by atoms with van der Waals surface area (Å²) in [4.78, 5) is 21.9. The molecule has 2 heterocycles. The fraction of sp³-hybridized carbons (Fsp3) is 0.250. The van der Waals surface area contributed by atoms with Crippen LogP contribution in [0.4, 0.5) is 5.82 Å². The highest BCUT2D eigenvalue weighted by molar-refractivity contribution is 6.03. The minimum atomic E-state index is -0.518. The molecule has 3 N–H and O–H groups in total. The number of aryl methyl sites for hydroxylation is 1. The van der Waals surface area contributed by atoms with Crippen LogP contribution in [0.5, 0.6) is 0 Å². The van der Waals surface area contributed by atoms with Gasteiger partial charge in [-0.25, -0.2) is 0 Å². The Morgan fingerprint density at radius 2 is 2.38 bits per heavy atom. The molecule has 68 valence electrons. The van der Waals surface area contributed by atoms with Crippen LogP contribution in [0.2, 0.25) is 0 Å². The number of amides is 2. The zero-order chi connectivity index (χ0) is 9.42. The highest BCUT2D eigenvalue weighted by Crippen LogP contribution is 2.20. The van der Waals surface area contributed by atoms with E-state index in [9.17, 15) is 9.59 Å². The van der Waals surface area contributed by atoms with Gasteiger partial charge in [-0.15, -0.1) is 0 Å². The topological polar surface area (TPSA) is 77.1 Å². The predicted molar refractivity (Wildman–Crippen MR) is 46.2 cm³/mol. The monoisotopic (exact) mass is 179 g/mol. The fourth-order valence-corrected chi connectivity index (χ4v) is 1.41. The number of rotatable bonds is 1. The molecule has 13 heavy (non-hydrogen) atoms. The maximum absolute atomic E-state index is 11.0. The molecule has 0 aromatic carbocycles. The summed E-state index contributed by atoms with van der Waals surface area (Å²) in [5.41, 5.74) is 5.49. The van der Waals surface area contributed by atoms with Crippen LogP contribution >= 0.6 is 0 Å². The van der Waals surface area contributed by atoms with Crippen molar-refractivity contribution in [2.75, 3.05) is 5.32 Å². The van der Waals surface area contributed by atoms with Crippen molar-refractivity contribution in [1.29, 1.82) is 0 Å². The van der Waals surface area contributed by atoms with Crippen molar-refractivity contribution in [1.82, 2.24) is 4.57 Å². The van der Waals surface area contributed by atoms with Gasteiger partial charge in [0.15, 0.2) is 0 Å². The molecule has 1 aromatic rings. The molecule has 0 saturated carbocycles. The van der Waals surface area contributed by atoms with Crippen LogP contribution in [0.25, 0.3) is 0 Å². The summed E-state index contributed by atoms with van der Waals surface area (Å²) in [6.45, 7) is 0.606. The molecule has 2 rings (SSSR count). The predicted octanol–water partition coefficient (Wildman–Crippen LogP) is -0.0708. The molecule has 1 aliphatic rings. The van der Waals surface area contributed by atoms with E-state index in [-0.39, 0.29) is 5.91 Å². The van der Waals surface area contributed by atoms with Crippen LogP contribution in [0.15, 0.2) is 12.3 Å². The number of carbonyl (C=O) groups is 2. The zero-order valence-corrected chi connectivity index (χ0v) is 6.91. The first kappa shape index (κ1) is 7.85. The average molecular weight is 179 g/mol. The highest BCUT2D eigenvalue weighted by atomic mass is 16.2. The van der Waals surface area contributed by atoms with Gasteiger partial charge in [-0.3, -0.25) is 9.59 Å². The van der Waals surface area contributed by atoms with Crippen LogP contribution in [0.3, 0.4) is 0 Å². The van der Waals surface area contributed by atoms with Crippen LogP contribution in [-0.2, 0) is 11.3 Å². The highest BCUT2D eigenvalue weighted by Gasteiger charge is 2.19. The van der Waals surface area contributed by atoms with Gasteiger partial charge in [0.25, 0.3) is 5.91 Å². The van der Waals surface area contributed by atoms with Gasteiger partial charge in [-0.2, -0.15) is 0 Å². The van der Waals surface area contributed by atoms with E-state index in [4.69, 9.17) is 5.73 Å². The van der Waals surface area contributed by atoms with Crippen molar-refractivity contribution in [3.05, 3.63) is 17.8 Å².